The monoisotopic (exact) mass is 311 g/mol. The van der Waals surface area contributed by atoms with Crippen LogP contribution in [0.3, 0.4) is 0 Å². The predicted molar refractivity (Wildman–Crippen MR) is 72.9 cm³/mol. The Kier molecular flexibility index (Phi) is 3.69. The molecule has 1 aromatic heterocycles. The van der Waals surface area contributed by atoms with Gasteiger partial charge in [0, 0.05) is 11.2 Å². The smallest absolute Gasteiger partial charge is 0.233 e. The molecule has 0 saturated carbocycles. The molecule has 0 bridgehead atoms. The van der Waals surface area contributed by atoms with Crippen LogP contribution in [0.15, 0.2) is 34.9 Å². The van der Waals surface area contributed by atoms with E-state index in [0.717, 1.165) is 26.4 Å². The number of benzene rings is 1. The number of pyridine rings is 1. The van der Waals surface area contributed by atoms with Crippen LogP contribution in [0.4, 0.5) is 0 Å². The Morgan fingerprint density at radius 2 is 1.94 bits per heavy atom. The van der Waals surface area contributed by atoms with E-state index in [2.05, 4.69) is 20.9 Å². The van der Waals surface area contributed by atoms with Crippen LogP contribution < -0.4 is 4.74 Å². The average molecular weight is 313 g/mol. The topological polar surface area (TPSA) is 22.1 Å². The van der Waals surface area contributed by atoms with Crippen LogP contribution in [-0.2, 0) is 0 Å². The van der Waals surface area contributed by atoms with Crippen molar-refractivity contribution in [1.29, 1.82) is 0 Å². The first-order chi connectivity index (χ1) is 8.08. The van der Waals surface area contributed by atoms with Gasteiger partial charge in [0.15, 0.2) is 0 Å². The number of halogens is 2. The molecule has 2 rings (SSSR count). The number of aryl methyl sites for hydroxylation is 2. The quantitative estimate of drug-likeness (QED) is 0.786. The summed E-state index contributed by atoms with van der Waals surface area (Å²) in [5.74, 6) is 1.29. The van der Waals surface area contributed by atoms with Crippen molar-refractivity contribution in [3.63, 3.8) is 0 Å². The summed E-state index contributed by atoms with van der Waals surface area (Å²) >= 11 is 9.42. The first kappa shape index (κ1) is 12.4. The summed E-state index contributed by atoms with van der Waals surface area (Å²) < 4.78 is 6.58. The number of hydrogen-bond donors (Lipinski definition) is 0. The van der Waals surface area contributed by atoms with Crippen LogP contribution in [0.1, 0.15) is 11.1 Å². The summed E-state index contributed by atoms with van der Waals surface area (Å²) in [6, 6.07) is 7.45. The standard InChI is InChI=1S/C13H11BrClNO/c1-8-5-6-16-13(12(8)14)17-10-3-4-11(15)9(2)7-10/h3-7H,1-2H3. The Labute approximate surface area is 114 Å². The molecule has 88 valence electrons. The summed E-state index contributed by atoms with van der Waals surface area (Å²) in [6.45, 7) is 3.93. The SMILES string of the molecule is Cc1cc(Oc2nccc(C)c2Br)ccc1Cl. The molecule has 1 heterocycles. The maximum Gasteiger partial charge on any atom is 0.233 e. The maximum absolute atomic E-state index is 5.96. The fourth-order valence-corrected chi connectivity index (χ4v) is 1.81. The third-order valence-corrected chi connectivity index (χ3v) is 3.78. The minimum absolute atomic E-state index is 0.562. The Hall–Kier alpha value is -1.06. The minimum Gasteiger partial charge on any atom is -0.438 e. The van der Waals surface area contributed by atoms with Crippen LogP contribution in [0, 0.1) is 13.8 Å². The summed E-state index contributed by atoms with van der Waals surface area (Å²) in [5.41, 5.74) is 2.06. The van der Waals surface area contributed by atoms with Gasteiger partial charge in [-0.3, -0.25) is 0 Å². The molecule has 4 heteroatoms. The van der Waals surface area contributed by atoms with E-state index in [1.165, 1.54) is 0 Å². The largest absolute Gasteiger partial charge is 0.438 e. The molecule has 0 aliphatic rings. The van der Waals surface area contributed by atoms with Gasteiger partial charge in [-0.15, -0.1) is 0 Å². The number of hydrogen-bond acceptors (Lipinski definition) is 2. The molecule has 0 spiro atoms. The van der Waals surface area contributed by atoms with Crippen LogP contribution in [0.25, 0.3) is 0 Å². The highest BCUT2D eigenvalue weighted by atomic mass is 79.9. The fourth-order valence-electron chi connectivity index (χ4n) is 1.38. The molecule has 17 heavy (non-hydrogen) atoms. The van der Waals surface area contributed by atoms with Crippen molar-refractivity contribution in [2.75, 3.05) is 0 Å². The van der Waals surface area contributed by atoms with Gasteiger partial charge in [-0.25, -0.2) is 4.98 Å². The van der Waals surface area contributed by atoms with E-state index < -0.39 is 0 Å². The van der Waals surface area contributed by atoms with E-state index in [-0.39, 0.29) is 0 Å². The van der Waals surface area contributed by atoms with Gasteiger partial charge in [-0.1, -0.05) is 11.6 Å². The highest BCUT2D eigenvalue weighted by molar-refractivity contribution is 9.10. The molecular formula is C13H11BrClNO. The number of rotatable bonds is 2. The van der Waals surface area contributed by atoms with Crippen LogP contribution in [0.5, 0.6) is 11.6 Å². The van der Waals surface area contributed by atoms with E-state index in [1.54, 1.807) is 6.20 Å². The van der Waals surface area contributed by atoms with Crippen LogP contribution in [-0.4, -0.2) is 4.98 Å². The molecule has 0 aliphatic carbocycles. The molecule has 1 aromatic carbocycles. The van der Waals surface area contributed by atoms with Gasteiger partial charge >= 0.3 is 0 Å². The Balaban J connectivity index is 2.31. The first-order valence-electron chi connectivity index (χ1n) is 5.13. The lowest BCUT2D eigenvalue weighted by molar-refractivity contribution is 0.459. The van der Waals surface area contributed by atoms with E-state index >= 15 is 0 Å². The lowest BCUT2D eigenvalue weighted by Gasteiger charge is -2.09. The number of ether oxygens (including phenoxy) is 1. The molecule has 0 unspecified atom stereocenters. The van der Waals surface area contributed by atoms with Gasteiger partial charge in [-0.2, -0.15) is 0 Å². The molecule has 0 N–H and O–H groups in total. The van der Waals surface area contributed by atoms with Crippen molar-refractivity contribution in [2.24, 2.45) is 0 Å². The Morgan fingerprint density at radius 3 is 2.65 bits per heavy atom. The third-order valence-electron chi connectivity index (χ3n) is 2.39. The van der Waals surface area contributed by atoms with E-state index in [4.69, 9.17) is 16.3 Å². The van der Waals surface area contributed by atoms with Crippen molar-refractivity contribution in [3.8, 4) is 11.6 Å². The highest BCUT2D eigenvalue weighted by Crippen LogP contribution is 2.31. The summed E-state index contributed by atoms with van der Waals surface area (Å²) in [5, 5.41) is 0.730. The van der Waals surface area contributed by atoms with Gasteiger partial charge in [0.1, 0.15) is 5.75 Å². The second kappa shape index (κ2) is 5.07. The Bertz CT molecular complexity index is 557. The van der Waals surface area contributed by atoms with Crippen molar-refractivity contribution in [2.45, 2.75) is 13.8 Å². The summed E-state index contributed by atoms with van der Waals surface area (Å²) in [4.78, 5) is 4.18. The van der Waals surface area contributed by atoms with E-state index in [0.29, 0.717) is 5.88 Å². The highest BCUT2D eigenvalue weighted by Gasteiger charge is 2.07. The third kappa shape index (κ3) is 2.79. The van der Waals surface area contributed by atoms with Gasteiger partial charge in [0.25, 0.3) is 0 Å². The first-order valence-corrected chi connectivity index (χ1v) is 6.30. The number of aromatic nitrogens is 1. The molecule has 0 radical (unpaired) electrons. The zero-order valence-electron chi connectivity index (χ0n) is 9.50. The molecule has 0 fully saturated rings. The zero-order valence-corrected chi connectivity index (χ0v) is 11.8. The second-order valence-corrected chi connectivity index (χ2v) is 4.96. The average Bonchev–Trinajstić information content (AvgIpc) is 2.30. The van der Waals surface area contributed by atoms with Crippen molar-refractivity contribution < 1.29 is 4.74 Å². The lowest BCUT2D eigenvalue weighted by atomic mass is 10.2. The van der Waals surface area contributed by atoms with Crippen LogP contribution in [0.2, 0.25) is 5.02 Å². The summed E-state index contributed by atoms with van der Waals surface area (Å²) in [7, 11) is 0. The predicted octanol–water partition coefficient (Wildman–Crippen LogP) is 4.91. The van der Waals surface area contributed by atoms with Crippen molar-refractivity contribution >= 4 is 27.5 Å². The van der Waals surface area contributed by atoms with Gasteiger partial charge < -0.3 is 4.74 Å². The number of nitrogens with zero attached hydrogens (tertiary/aromatic N) is 1. The second-order valence-electron chi connectivity index (χ2n) is 3.76. The molecule has 2 nitrogen and oxygen atoms in total. The van der Waals surface area contributed by atoms with E-state index in [1.807, 2.05) is 38.1 Å². The normalized spacial score (nSPS) is 10.4. The van der Waals surface area contributed by atoms with Gasteiger partial charge in [0.2, 0.25) is 5.88 Å². The lowest BCUT2D eigenvalue weighted by Crippen LogP contribution is -1.91. The van der Waals surface area contributed by atoms with Gasteiger partial charge in [-0.05, 0) is 65.2 Å². The molecule has 2 aromatic rings. The molecule has 0 amide bonds. The molecule has 0 aliphatic heterocycles. The molecular weight excluding hydrogens is 302 g/mol. The van der Waals surface area contributed by atoms with Crippen molar-refractivity contribution in [1.82, 2.24) is 4.98 Å². The zero-order chi connectivity index (χ0) is 12.4. The molecule has 0 saturated heterocycles. The molecule has 0 atom stereocenters. The minimum atomic E-state index is 0.562. The van der Waals surface area contributed by atoms with Crippen LogP contribution >= 0.6 is 27.5 Å². The van der Waals surface area contributed by atoms with E-state index in [9.17, 15) is 0 Å². The maximum atomic E-state index is 5.96. The summed E-state index contributed by atoms with van der Waals surface area (Å²) in [6.07, 6.45) is 1.72. The Morgan fingerprint density at radius 1 is 1.18 bits per heavy atom. The van der Waals surface area contributed by atoms with Crippen molar-refractivity contribution in [3.05, 3.63) is 51.1 Å². The van der Waals surface area contributed by atoms with Gasteiger partial charge in [0.05, 0.1) is 4.47 Å². The fraction of sp³-hybridized carbons (Fsp3) is 0.154.